The Morgan fingerprint density at radius 3 is 2.75 bits per heavy atom. The van der Waals surface area contributed by atoms with E-state index in [0.29, 0.717) is 6.42 Å². The molecule has 2 unspecified atom stereocenters. The van der Waals surface area contributed by atoms with Gasteiger partial charge in [-0.15, -0.1) is 6.58 Å². The summed E-state index contributed by atoms with van der Waals surface area (Å²) in [5.74, 6) is -0.438. The second-order valence-corrected chi connectivity index (χ2v) is 3.86. The van der Waals surface area contributed by atoms with Crippen LogP contribution in [0.5, 0.6) is 0 Å². The molecule has 2 atom stereocenters. The van der Waals surface area contributed by atoms with Crippen molar-refractivity contribution in [2.75, 3.05) is 6.61 Å². The summed E-state index contributed by atoms with van der Waals surface area (Å²) in [6, 6.07) is 0. The minimum atomic E-state index is -2.63. The van der Waals surface area contributed by atoms with E-state index in [1.807, 2.05) is 0 Å². The molecule has 0 amide bonds. The van der Waals surface area contributed by atoms with Crippen molar-refractivity contribution in [1.82, 2.24) is 0 Å². The molecule has 1 N–H and O–H groups in total. The van der Waals surface area contributed by atoms with Crippen LogP contribution in [0.15, 0.2) is 12.7 Å². The van der Waals surface area contributed by atoms with Gasteiger partial charge in [0.2, 0.25) is 0 Å². The van der Waals surface area contributed by atoms with Gasteiger partial charge in [0.25, 0.3) is 0 Å². The van der Waals surface area contributed by atoms with Gasteiger partial charge >= 0.3 is 5.97 Å². The maximum Gasteiger partial charge on any atom is 0.302 e. The summed E-state index contributed by atoms with van der Waals surface area (Å²) in [6.07, 6.45) is 1.93. The Balaban J connectivity index is 3.86. The van der Waals surface area contributed by atoms with E-state index in [0.717, 1.165) is 0 Å². The molecule has 0 bridgehead atoms. The van der Waals surface area contributed by atoms with Gasteiger partial charge < -0.3 is 9.63 Å². The Bertz CT molecular complexity index is 190. The summed E-state index contributed by atoms with van der Waals surface area (Å²) in [7, 11) is -2.63. The normalized spacial score (nSPS) is 14.8. The average Bonchev–Trinajstić information content (AvgIpc) is 1.96. The molecule has 0 aromatic carbocycles. The van der Waals surface area contributed by atoms with Gasteiger partial charge in [-0.3, -0.25) is 9.36 Å². The summed E-state index contributed by atoms with van der Waals surface area (Å²) in [4.78, 5) is 19.1. The van der Waals surface area contributed by atoms with E-state index in [2.05, 4.69) is 11.3 Å². The fraction of sp³-hybridized carbons (Fsp3) is 0.571. The second-order valence-electron chi connectivity index (χ2n) is 2.36. The van der Waals surface area contributed by atoms with Crippen LogP contribution in [0.1, 0.15) is 13.3 Å². The Hall–Kier alpha value is -0.600. The summed E-state index contributed by atoms with van der Waals surface area (Å²) in [6.45, 7) is 4.69. The van der Waals surface area contributed by atoms with E-state index in [1.54, 1.807) is 0 Å². The Labute approximate surface area is 72.1 Å². The van der Waals surface area contributed by atoms with E-state index in [9.17, 15) is 9.36 Å². The smallest absolute Gasteiger partial charge is 0.302 e. The summed E-state index contributed by atoms with van der Waals surface area (Å²) < 4.78 is 15.2. The highest BCUT2D eigenvalue weighted by Gasteiger charge is 2.13. The first-order valence-electron chi connectivity index (χ1n) is 3.55. The maximum absolute atomic E-state index is 10.6. The minimum absolute atomic E-state index is 0.00432. The number of allylic oxidation sites excluding steroid dienone is 1. The molecule has 0 rings (SSSR count). The Morgan fingerprint density at radius 1 is 1.83 bits per heavy atom. The lowest BCUT2D eigenvalue weighted by Gasteiger charge is -2.10. The number of hydrogen-bond acceptors (Lipinski definition) is 3. The third-order valence-corrected chi connectivity index (χ3v) is 2.39. The second kappa shape index (κ2) is 5.98. The molecule has 5 heteroatoms. The molecular weight excluding hydrogens is 179 g/mol. The predicted molar refractivity (Wildman–Crippen MR) is 46.5 cm³/mol. The summed E-state index contributed by atoms with van der Waals surface area (Å²) in [5, 5.41) is 0. The zero-order chi connectivity index (χ0) is 9.56. The quantitative estimate of drug-likeness (QED) is 0.400. The molecule has 0 spiro atoms. The van der Waals surface area contributed by atoms with Crippen molar-refractivity contribution in [3.63, 3.8) is 0 Å². The van der Waals surface area contributed by atoms with Gasteiger partial charge in [0.15, 0.2) is 8.03 Å². The van der Waals surface area contributed by atoms with Gasteiger partial charge in [-0.2, -0.15) is 0 Å². The molecule has 0 fully saturated rings. The fourth-order valence-corrected chi connectivity index (χ4v) is 1.25. The standard InChI is InChI=1S/C7H13O4P/c1-3-4-7(12(9)10)5-11-6(2)8/h3,7,12H,1,4-5H2,2H3,(H,9,10). The first-order chi connectivity index (χ1) is 5.57. The largest absolute Gasteiger partial charge is 0.465 e. The molecule has 4 nitrogen and oxygen atoms in total. The number of ether oxygens (including phenoxy) is 1. The van der Waals surface area contributed by atoms with Gasteiger partial charge in [-0.05, 0) is 6.42 Å². The monoisotopic (exact) mass is 192 g/mol. The van der Waals surface area contributed by atoms with E-state index in [1.165, 1.54) is 13.0 Å². The van der Waals surface area contributed by atoms with Crippen LogP contribution in [-0.2, 0) is 14.1 Å². The van der Waals surface area contributed by atoms with Crippen LogP contribution in [-0.4, -0.2) is 23.1 Å². The number of carbonyl (C=O) groups is 1. The number of rotatable bonds is 5. The van der Waals surface area contributed by atoms with Crippen molar-refractivity contribution in [3.8, 4) is 0 Å². The van der Waals surface area contributed by atoms with Crippen LogP contribution in [0, 0.1) is 0 Å². The lowest BCUT2D eigenvalue weighted by atomic mass is 10.3. The van der Waals surface area contributed by atoms with Crippen LogP contribution in [0.25, 0.3) is 0 Å². The molecule has 70 valence electrons. The lowest BCUT2D eigenvalue weighted by molar-refractivity contribution is -0.140. The van der Waals surface area contributed by atoms with E-state index < -0.39 is 19.7 Å². The first-order valence-corrected chi connectivity index (χ1v) is 4.98. The molecular formula is C7H13O4P. The number of hydrogen-bond donors (Lipinski definition) is 1. The molecule has 0 aliphatic heterocycles. The van der Waals surface area contributed by atoms with Crippen molar-refractivity contribution >= 4 is 14.0 Å². The highest BCUT2D eigenvalue weighted by molar-refractivity contribution is 7.38. The molecule has 12 heavy (non-hydrogen) atoms. The van der Waals surface area contributed by atoms with Crippen LogP contribution in [0.4, 0.5) is 0 Å². The zero-order valence-electron chi connectivity index (χ0n) is 6.95. The summed E-state index contributed by atoms with van der Waals surface area (Å²) >= 11 is 0. The average molecular weight is 192 g/mol. The third-order valence-electron chi connectivity index (χ3n) is 1.29. The van der Waals surface area contributed by atoms with Gasteiger partial charge in [0, 0.05) is 6.92 Å². The van der Waals surface area contributed by atoms with Crippen LogP contribution < -0.4 is 0 Å². The van der Waals surface area contributed by atoms with Crippen LogP contribution in [0.3, 0.4) is 0 Å². The summed E-state index contributed by atoms with van der Waals surface area (Å²) in [5.41, 5.74) is -0.489. The molecule has 0 aromatic heterocycles. The highest BCUT2D eigenvalue weighted by Crippen LogP contribution is 2.25. The molecule has 0 heterocycles. The highest BCUT2D eigenvalue weighted by atomic mass is 31.1. The van der Waals surface area contributed by atoms with Crippen molar-refractivity contribution in [2.45, 2.75) is 19.0 Å². The third kappa shape index (κ3) is 5.10. The predicted octanol–water partition coefficient (Wildman–Crippen LogP) is 0.961. The zero-order valence-corrected chi connectivity index (χ0v) is 7.95. The van der Waals surface area contributed by atoms with Crippen LogP contribution >= 0.6 is 8.03 Å². The number of esters is 1. The lowest BCUT2D eigenvalue weighted by Crippen LogP contribution is -2.13. The van der Waals surface area contributed by atoms with Gasteiger partial charge in [-0.25, -0.2) is 0 Å². The van der Waals surface area contributed by atoms with Crippen LogP contribution in [0.2, 0.25) is 0 Å². The SMILES string of the molecule is C=CCC(COC(C)=O)[PH](=O)O. The van der Waals surface area contributed by atoms with Crippen molar-refractivity contribution in [1.29, 1.82) is 0 Å². The van der Waals surface area contributed by atoms with Crippen molar-refractivity contribution < 1.29 is 19.0 Å². The molecule has 0 aliphatic carbocycles. The molecule has 0 radical (unpaired) electrons. The Kier molecular flexibility index (Phi) is 5.68. The van der Waals surface area contributed by atoms with E-state index in [4.69, 9.17) is 4.89 Å². The molecule has 0 saturated carbocycles. The van der Waals surface area contributed by atoms with Gasteiger partial charge in [0.1, 0.15) is 6.61 Å². The van der Waals surface area contributed by atoms with E-state index >= 15 is 0 Å². The maximum atomic E-state index is 10.6. The van der Waals surface area contributed by atoms with E-state index in [-0.39, 0.29) is 6.61 Å². The molecule has 0 saturated heterocycles. The fourth-order valence-electron chi connectivity index (χ4n) is 0.659. The first kappa shape index (κ1) is 11.4. The van der Waals surface area contributed by atoms with Gasteiger partial charge in [-0.1, -0.05) is 6.08 Å². The minimum Gasteiger partial charge on any atom is -0.465 e. The van der Waals surface area contributed by atoms with Crippen molar-refractivity contribution in [3.05, 3.63) is 12.7 Å². The van der Waals surface area contributed by atoms with Crippen molar-refractivity contribution in [2.24, 2.45) is 0 Å². The topological polar surface area (TPSA) is 63.6 Å². The molecule has 0 aromatic rings. The Morgan fingerprint density at radius 2 is 2.42 bits per heavy atom. The molecule has 0 aliphatic rings. The van der Waals surface area contributed by atoms with Gasteiger partial charge in [0.05, 0.1) is 5.66 Å². The number of carbonyl (C=O) groups excluding carboxylic acids is 1.